The van der Waals surface area contributed by atoms with Crippen molar-refractivity contribution in [1.29, 1.82) is 0 Å². The second-order valence-electron chi connectivity index (χ2n) is 4.99. The SMILES string of the molecule is CCCCC(CC)C[CH]C(C)C(C)C. The van der Waals surface area contributed by atoms with Crippen LogP contribution < -0.4 is 0 Å². The molecule has 1 radical (unpaired) electrons. The maximum Gasteiger partial charge on any atom is -0.0352 e. The maximum absolute atomic E-state index is 2.54. The van der Waals surface area contributed by atoms with Gasteiger partial charge in [0.15, 0.2) is 0 Å². The first-order valence-corrected chi connectivity index (χ1v) is 6.45. The predicted molar refractivity (Wildman–Crippen MR) is 66.2 cm³/mol. The average Bonchev–Trinajstić information content (AvgIpc) is 2.17. The summed E-state index contributed by atoms with van der Waals surface area (Å²) in [5.41, 5.74) is 0. The number of rotatable bonds is 8. The molecular formula is C14H29. The van der Waals surface area contributed by atoms with Gasteiger partial charge in [-0.15, -0.1) is 0 Å². The summed E-state index contributed by atoms with van der Waals surface area (Å²) in [7, 11) is 0. The Morgan fingerprint density at radius 2 is 1.71 bits per heavy atom. The van der Waals surface area contributed by atoms with Gasteiger partial charge in [0.05, 0.1) is 0 Å². The average molecular weight is 197 g/mol. The van der Waals surface area contributed by atoms with Crippen LogP contribution in [0, 0.1) is 24.2 Å². The summed E-state index contributed by atoms with van der Waals surface area (Å²) in [6.07, 6.45) is 9.39. The highest BCUT2D eigenvalue weighted by Gasteiger charge is 2.11. The van der Waals surface area contributed by atoms with E-state index >= 15 is 0 Å². The van der Waals surface area contributed by atoms with Gasteiger partial charge >= 0.3 is 0 Å². The van der Waals surface area contributed by atoms with E-state index in [4.69, 9.17) is 0 Å². The molecule has 0 fully saturated rings. The van der Waals surface area contributed by atoms with Crippen LogP contribution in [0.4, 0.5) is 0 Å². The molecule has 0 saturated heterocycles. The molecule has 0 heteroatoms. The Labute approximate surface area is 91.5 Å². The van der Waals surface area contributed by atoms with Gasteiger partial charge in [0, 0.05) is 0 Å². The lowest BCUT2D eigenvalue weighted by molar-refractivity contribution is 0.393. The fourth-order valence-electron chi connectivity index (χ4n) is 1.66. The minimum absolute atomic E-state index is 0.783. The third kappa shape index (κ3) is 6.45. The summed E-state index contributed by atoms with van der Waals surface area (Å²) < 4.78 is 0. The van der Waals surface area contributed by atoms with E-state index in [0.29, 0.717) is 0 Å². The first-order valence-electron chi connectivity index (χ1n) is 6.45. The van der Waals surface area contributed by atoms with E-state index < -0.39 is 0 Å². The lowest BCUT2D eigenvalue weighted by atomic mass is 9.87. The molecule has 0 amide bonds. The molecule has 0 bridgehead atoms. The lowest BCUT2D eigenvalue weighted by Gasteiger charge is -2.19. The molecule has 0 spiro atoms. The van der Waals surface area contributed by atoms with Gasteiger partial charge in [-0.05, 0) is 30.6 Å². The Kier molecular flexibility index (Phi) is 8.32. The molecular weight excluding hydrogens is 168 g/mol. The molecule has 0 heterocycles. The second-order valence-corrected chi connectivity index (χ2v) is 4.99. The summed E-state index contributed by atoms with van der Waals surface area (Å²) in [4.78, 5) is 0. The standard InChI is InChI=1S/C14H29/c1-6-8-9-14(7-2)11-10-13(5)12(3)4/h10,12-14H,6-9,11H2,1-5H3. The van der Waals surface area contributed by atoms with Crippen LogP contribution in [0.5, 0.6) is 0 Å². The minimum Gasteiger partial charge on any atom is -0.0654 e. The Bertz CT molecular complexity index is 115. The number of hydrogen-bond donors (Lipinski definition) is 0. The zero-order valence-electron chi connectivity index (χ0n) is 10.8. The van der Waals surface area contributed by atoms with Crippen LogP contribution in [0.3, 0.4) is 0 Å². The molecule has 0 saturated carbocycles. The Morgan fingerprint density at radius 3 is 2.14 bits per heavy atom. The highest BCUT2D eigenvalue weighted by atomic mass is 14.2. The predicted octanol–water partition coefficient (Wildman–Crippen LogP) is 5.09. The van der Waals surface area contributed by atoms with E-state index in [0.717, 1.165) is 17.8 Å². The van der Waals surface area contributed by atoms with Crippen molar-refractivity contribution in [3.8, 4) is 0 Å². The first kappa shape index (κ1) is 14.0. The molecule has 0 nitrogen and oxygen atoms in total. The monoisotopic (exact) mass is 197 g/mol. The molecule has 0 aliphatic rings. The maximum atomic E-state index is 2.54. The van der Waals surface area contributed by atoms with Crippen LogP contribution in [0.1, 0.15) is 66.7 Å². The highest BCUT2D eigenvalue weighted by Crippen LogP contribution is 2.23. The van der Waals surface area contributed by atoms with Gasteiger partial charge < -0.3 is 0 Å². The van der Waals surface area contributed by atoms with Crippen LogP contribution in [0.15, 0.2) is 0 Å². The van der Waals surface area contributed by atoms with Crippen molar-refractivity contribution in [3.05, 3.63) is 6.42 Å². The van der Waals surface area contributed by atoms with Gasteiger partial charge in [-0.25, -0.2) is 0 Å². The van der Waals surface area contributed by atoms with Crippen LogP contribution in [-0.2, 0) is 0 Å². The van der Waals surface area contributed by atoms with Gasteiger partial charge in [-0.2, -0.15) is 0 Å². The van der Waals surface area contributed by atoms with Crippen LogP contribution >= 0.6 is 0 Å². The Balaban J connectivity index is 3.60. The minimum atomic E-state index is 0.783. The van der Waals surface area contributed by atoms with Gasteiger partial charge in [0.1, 0.15) is 0 Å². The summed E-state index contributed by atoms with van der Waals surface area (Å²) in [6.45, 7) is 11.6. The van der Waals surface area contributed by atoms with Crippen molar-refractivity contribution in [2.75, 3.05) is 0 Å². The van der Waals surface area contributed by atoms with E-state index in [1.165, 1.54) is 32.1 Å². The third-order valence-electron chi connectivity index (χ3n) is 3.44. The van der Waals surface area contributed by atoms with E-state index in [-0.39, 0.29) is 0 Å². The molecule has 0 aliphatic carbocycles. The summed E-state index contributed by atoms with van der Waals surface area (Å²) >= 11 is 0. The van der Waals surface area contributed by atoms with E-state index in [1.54, 1.807) is 0 Å². The smallest absolute Gasteiger partial charge is 0.0352 e. The molecule has 2 unspecified atom stereocenters. The lowest BCUT2D eigenvalue weighted by Crippen LogP contribution is -2.08. The Hall–Kier alpha value is 0. The van der Waals surface area contributed by atoms with Crippen LogP contribution in [-0.4, -0.2) is 0 Å². The third-order valence-corrected chi connectivity index (χ3v) is 3.44. The van der Waals surface area contributed by atoms with Gasteiger partial charge in [-0.1, -0.05) is 60.3 Å². The molecule has 2 atom stereocenters. The summed E-state index contributed by atoms with van der Waals surface area (Å²) in [5, 5.41) is 0. The van der Waals surface area contributed by atoms with Crippen molar-refractivity contribution in [2.24, 2.45) is 17.8 Å². The highest BCUT2D eigenvalue weighted by molar-refractivity contribution is 4.78. The van der Waals surface area contributed by atoms with Crippen molar-refractivity contribution >= 4 is 0 Å². The molecule has 0 aliphatic heterocycles. The normalized spacial score (nSPS) is 15.9. The largest absolute Gasteiger partial charge is 0.0654 e. The molecule has 0 aromatic heterocycles. The van der Waals surface area contributed by atoms with Crippen molar-refractivity contribution in [1.82, 2.24) is 0 Å². The Morgan fingerprint density at radius 1 is 1.07 bits per heavy atom. The van der Waals surface area contributed by atoms with Gasteiger partial charge in [0.25, 0.3) is 0 Å². The van der Waals surface area contributed by atoms with Crippen molar-refractivity contribution < 1.29 is 0 Å². The molecule has 0 aromatic carbocycles. The van der Waals surface area contributed by atoms with E-state index in [1.807, 2.05) is 0 Å². The summed E-state index contributed by atoms with van der Waals surface area (Å²) in [5.74, 6) is 2.53. The van der Waals surface area contributed by atoms with E-state index in [2.05, 4.69) is 41.0 Å². The molecule has 0 N–H and O–H groups in total. The van der Waals surface area contributed by atoms with Gasteiger partial charge in [0.2, 0.25) is 0 Å². The van der Waals surface area contributed by atoms with Gasteiger partial charge in [-0.3, -0.25) is 0 Å². The summed E-state index contributed by atoms with van der Waals surface area (Å²) in [6, 6.07) is 0. The number of unbranched alkanes of at least 4 members (excludes halogenated alkanes) is 1. The van der Waals surface area contributed by atoms with E-state index in [9.17, 15) is 0 Å². The van der Waals surface area contributed by atoms with Crippen LogP contribution in [0.2, 0.25) is 0 Å². The fraction of sp³-hybridized carbons (Fsp3) is 0.929. The number of hydrogen-bond acceptors (Lipinski definition) is 0. The zero-order chi connectivity index (χ0) is 11.0. The topological polar surface area (TPSA) is 0 Å². The van der Waals surface area contributed by atoms with Crippen molar-refractivity contribution in [3.63, 3.8) is 0 Å². The molecule has 0 aromatic rings. The van der Waals surface area contributed by atoms with Crippen LogP contribution in [0.25, 0.3) is 0 Å². The molecule has 85 valence electrons. The first-order chi connectivity index (χ1) is 6.61. The fourth-order valence-corrected chi connectivity index (χ4v) is 1.66. The zero-order valence-corrected chi connectivity index (χ0v) is 10.8. The molecule has 14 heavy (non-hydrogen) atoms. The molecule has 0 rings (SSSR count). The van der Waals surface area contributed by atoms with Crippen molar-refractivity contribution in [2.45, 2.75) is 66.7 Å². The second kappa shape index (κ2) is 8.32. The quantitative estimate of drug-likeness (QED) is 0.508.